The molecule has 0 saturated heterocycles. The Morgan fingerprint density at radius 2 is 2.32 bits per heavy atom. The topological polar surface area (TPSA) is 26.0 Å². The van der Waals surface area contributed by atoms with Crippen LogP contribution in [0.4, 0.5) is 0 Å². The van der Waals surface area contributed by atoms with E-state index >= 15 is 0 Å². The second-order valence-corrected chi connectivity index (χ2v) is 8.59. The number of allylic oxidation sites excluding steroid dienone is 1. The van der Waals surface area contributed by atoms with E-state index in [0.29, 0.717) is 12.6 Å². The van der Waals surface area contributed by atoms with Crippen LogP contribution in [0.1, 0.15) is 29.5 Å². The largest absolute Gasteiger partial charge is 0.300 e. The normalized spacial score (nSPS) is 14.7. The van der Waals surface area contributed by atoms with Crippen molar-refractivity contribution in [3.05, 3.63) is 44.0 Å². The SMILES string of the molecule is C=CCn1c(C2CC2)nn(CN(C)Cc2ccc(Br)s2)c1=S. The van der Waals surface area contributed by atoms with Crippen LogP contribution in [0, 0.1) is 4.77 Å². The van der Waals surface area contributed by atoms with E-state index in [2.05, 4.69) is 51.2 Å². The Morgan fingerprint density at radius 3 is 2.91 bits per heavy atom. The van der Waals surface area contributed by atoms with Gasteiger partial charge in [-0.25, -0.2) is 4.68 Å². The minimum atomic E-state index is 0.585. The van der Waals surface area contributed by atoms with Crippen molar-refractivity contribution in [3.63, 3.8) is 0 Å². The van der Waals surface area contributed by atoms with Crippen molar-refractivity contribution in [2.24, 2.45) is 0 Å². The minimum Gasteiger partial charge on any atom is -0.300 e. The van der Waals surface area contributed by atoms with E-state index < -0.39 is 0 Å². The van der Waals surface area contributed by atoms with Gasteiger partial charge in [0.2, 0.25) is 0 Å². The monoisotopic (exact) mass is 398 g/mol. The first-order valence-corrected chi connectivity index (χ1v) is 9.31. The Hall–Kier alpha value is -0.760. The molecule has 0 amide bonds. The third-order valence-electron chi connectivity index (χ3n) is 3.64. The van der Waals surface area contributed by atoms with Gasteiger partial charge >= 0.3 is 0 Å². The van der Waals surface area contributed by atoms with Crippen molar-refractivity contribution >= 4 is 39.5 Å². The van der Waals surface area contributed by atoms with Gasteiger partial charge in [-0.1, -0.05) is 6.08 Å². The second-order valence-electron chi connectivity index (χ2n) is 5.68. The number of hydrogen-bond acceptors (Lipinski definition) is 4. The highest BCUT2D eigenvalue weighted by atomic mass is 79.9. The summed E-state index contributed by atoms with van der Waals surface area (Å²) >= 11 is 10.9. The highest BCUT2D eigenvalue weighted by molar-refractivity contribution is 9.11. The molecule has 0 radical (unpaired) electrons. The van der Waals surface area contributed by atoms with Crippen molar-refractivity contribution in [3.8, 4) is 0 Å². The van der Waals surface area contributed by atoms with Gasteiger partial charge in [-0.05, 0) is 60.2 Å². The molecule has 1 saturated carbocycles. The number of nitrogens with zero attached hydrogens (tertiary/aromatic N) is 4. The summed E-state index contributed by atoms with van der Waals surface area (Å²) in [6.45, 7) is 6.17. The van der Waals surface area contributed by atoms with Gasteiger partial charge in [0, 0.05) is 23.9 Å². The molecule has 7 heteroatoms. The Bertz CT molecular complexity index is 726. The smallest absolute Gasteiger partial charge is 0.199 e. The summed E-state index contributed by atoms with van der Waals surface area (Å²) in [5.41, 5.74) is 0. The maximum Gasteiger partial charge on any atom is 0.199 e. The van der Waals surface area contributed by atoms with E-state index in [1.54, 1.807) is 11.3 Å². The number of thiophene rings is 1. The van der Waals surface area contributed by atoms with Gasteiger partial charge < -0.3 is 0 Å². The van der Waals surface area contributed by atoms with Gasteiger partial charge in [0.1, 0.15) is 5.82 Å². The molecule has 1 aliphatic carbocycles. The van der Waals surface area contributed by atoms with Crippen molar-refractivity contribution in [1.82, 2.24) is 19.2 Å². The van der Waals surface area contributed by atoms with Crippen LogP contribution < -0.4 is 0 Å². The van der Waals surface area contributed by atoms with E-state index in [4.69, 9.17) is 17.3 Å². The lowest BCUT2D eigenvalue weighted by molar-refractivity contribution is 0.245. The maximum atomic E-state index is 5.60. The van der Waals surface area contributed by atoms with Gasteiger partial charge in [-0.15, -0.1) is 17.9 Å². The summed E-state index contributed by atoms with van der Waals surface area (Å²) in [6.07, 6.45) is 4.34. The van der Waals surface area contributed by atoms with E-state index in [0.717, 1.165) is 23.7 Å². The summed E-state index contributed by atoms with van der Waals surface area (Å²) in [5.74, 6) is 1.71. The third-order valence-corrected chi connectivity index (χ3v) is 5.68. The van der Waals surface area contributed by atoms with Crippen LogP contribution >= 0.6 is 39.5 Å². The molecular weight excluding hydrogens is 380 g/mol. The van der Waals surface area contributed by atoms with Crippen LogP contribution in [0.25, 0.3) is 0 Å². The summed E-state index contributed by atoms with van der Waals surface area (Å²) in [6, 6.07) is 4.24. The molecule has 0 atom stereocenters. The van der Waals surface area contributed by atoms with E-state index in [1.165, 1.54) is 21.5 Å². The lowest BCUT2D eigenvalue weighted by Crippen LogP contribution is -2.22. The molecule has 1 fully saturated rings. The fourth-order valence-corrected chi connectivity index (χ4v) is 4.31. The number of aromatic nitrogens is 3. The average Bonchev–Trinajstić information content (AvgIpc) is 3.18. The summed E-state index contributed by atoms with van der Waals surface area (Å²) in [7, 11) is 2.10. The fraction of sp³-hybridized carbons (Fsp3) is 0.467. The second kappa shape index (κ2) is 6.78. The lowest BCUT2D eigenvalue weighted by atomic mass is 10.4. The van der Waals surface area contributed by atoms with Crippen LogP contribution in [-0.4, -0.2) is 26.3 Å². The van der Waals surface area contributed by atoms with E-state index in [-0.39, 0.29) is 0 Å². The molecule has 22 heavy (non-hydrogen) atoms. The molecule has 2 aromatic rings. The molecule has 118 valence electrons. The quantitative estimate of drug-likeness (QED) is 0.510. The Kier molecular flexibility index (Phi) is 4.97. The van der Waals surface area contributed by atoms with Crippen molar-refractivity contribution in [2.75, 3.05) is 7.05 Å². The highest BCUT2D eigenvalue weighted by Gasteiger charge is 2.29. The number of halogens is 1. The van der Waals surface area contributed by atoms with Crippen LogP contribution in [0.3, 0.4) is 0 Å². The van der Waals surface area contributed by atoms with Crippen LogP contribution in [0.15, 0.2) is 28.6 Å². The van der Waals surface area contributed by atoms with Gasteiger partial charge in [-0.3, -0.25) is 9.47 Å². The highest BCUT2D eigenvalue weighted by Crippen LogP contribution is 2.39. The molecule has 3 rings (SSSR count). The van der Waals surface area contributed by atoms with Crippen LogP contribution in [-0.2, 0) is 19.8 Å². The summed E-state index contributed by atoms with van der Waals surface area (Å²) in [4.78, 5) is 3.56. The molecule has 2 heterocycles. The molecule has 0 unspecified atom stereocenters. The zero-order valence-electron chi connectivity index (χ0n) is 12.5. The fourth-order valence-electron chi connectivity index (χ4n) is 2.48. The van der Waals surface area contributed by atoms with Crippen molar-refractivity contribution in [2.45, 2.75) is 38.5 Å². The number of hydrogen-bond donors (Lipinski definition) is 0. The first kappa shape index (κ1) is 16.1. The summed E-state index contributed by atoms with van der Waals surface area (Å²) < 4.78 is 6.02. The Balaban J connectivity index is 1.75. The van der Waals surface area contributed by atoms with Gasteiger partial charge in [-0.2, -0.15) is 5.10 Å². The van der Waals surface area contributed by atoms with Gasteiger partial charge in [0.25, 0.3) is 0 Å². The molecule has 4 nitrogen and oxygen atoms in total. The Morgan fingerprint density at radius 1 is 1.55 bits per heavy atom. The van der Waals surface area contributed by atoms with Crippen LogP contribution in [0.2, 0.25) is 0 Å². The molecule has 0 spiro atoms. The van der Waals surface area contributed by atoms with Gasteiger partial charge in [0.15, 0.2) is 4.77 Å². The molecule has 1 aliphatic rings. The predicted octanol–water partition coefficient (Wildman–Crippen LogP) is 4.39. The molecule has 2 aromatic heterocycles. The predicted molar refractivity (Wildman–Crippen MR) is 96.7 cm³/mol. The van der Waals surface area contributed by atoms with Crippen molar-refractivity contribution in [1.29, 1.82) is 0 Å². The summed E-state index contributed by atoms with van der Waals surface area (Å²) in [5, 5.41) is 4.76. The van der Waals surface area contributed by atoms with E-state index in [1.807, 2.05) is 10.8 Å². The minimum absolute atomic E-state index is 0.585. The maximum absolute atomic E-state index is 5.60. The first-order chi connectivity index (χ1) is 10.6. The Labute approximate surface area is 148 Å². The standard InChI is InChI=1S/C15H19BrN4S2/c1-3-8-19-14(11-4-5-11)17-20(15(19)21)10-18(2)9-12-6-7-13(16)22-12/h3,6-7,11H,1,4-5,8-10H2,2H3. The van der Waals surface area contributed by atoms with E-state index in [9.17, 15) is 0 Å². The van der Waals surface area contributed by atoms with Crippen LogP contribution in [0.5, 0.6) is 0 Å². The third kappa shape index (κ3) is 3.59. The average molecular weight is 399 g/mol. The lowest BCUT2D eigenvalue weighted by Gasteiger charge is -2.15. The number of rotatable bonds is 7. The first-order valence-electron chi connectivity index (χ1n) is 7.29. The molecular formula is C15H19BrN4S2. The molecule has 0 bridgehead atoms. The van der Waals surface area contributed by atoms with Crippen molar-refractivity contribution < 1.29 is 0 Å². The zero-order chi connectivity index (χ0) is 15.7. The van der Waals surface area contributed by atoms with Gasteiger partial charge in [0.05, 0.1) is 10.5 Å². The zero-order valence-corrected chi connectivity index (χ0v) is 15.8. The molecule has 0 aromatic carbocycles. The molecule has 0 aliphatic heterocycles. The molecule has 0 N–H and O–H groups in total.